The van der Waals surface area contributed by atoms with Gasteiger partial charge in [0.25, 0.3) is 5.92 Å². The minimum absolute atomic E-state index is 0. The largest absolute Gasteiger partial charge is 0.384 e. The molecule has 0 heterocycles. The monoisotopic (exact) mass is 766 g/mol. The summed E-state index contributed by atoms with van der Waals surface area (Å²) < 4.78 is 67.4. The summed E-state index contributed by atoms with van der Waals surface area (Å²) in [7, 11) is 0. The van der Waals surface area contributed by atoms with E-state index in [1.54, 1.807) is 6.08 Å². The van der Waals surface area contributed by atoms with Crippen LogP contribution in [0.1, 0.15) is 38.5 Å². The van der Waals surface area contributed by atoms with E-state index in [0.717, 1.165) is 23.0 Å². The number of allylic oxidation sites excluding steroid dienone is 1. The van der Waals surface area contributed by atoms with Crippen LogP contribution in [-0.4, -0.2) is 46.6 Å². The highest BCUT2D eigenvalue weighted by Gasteiger charge is 2.44. The van der Waals surface area contributed by atoms with E-state index < -0.39 is 35.2 Å². The quantitative estimate of drug-likeness (QED) is 0.0604. The molecule has 3 aromatic rings. The van der Waals surface area contributed by atoms with Crippen molar-refractivity contribution in [2.75, 3.05) is 0 Å². The van der Waals surface area contributed by atoms with Gasteiger partial charge >= 0.3 is 4.83 Å². The normalized spacial score (nSPS) is 13.7. The van der Waals surface area contributed by atoms with Crippen LogP contribution < -0.4 is 0 Å². The molecule has 0 aliphatic rings. The second kappa shape index (κ2) is 26.2. The van der Waals surface area contributed by atoms with Crippen molar-refractivity contribution >= 4 is 22.2 Å². The lowest BCUT2D eigenvalue weighted by atomic mass is 10.0. The van der Waals surface area contributed by atoms with E-state index in [4.69, 9.17) is 14.2 Å². The number of alkyl halides is 5. The van der Waals surface area contributed by atoms with Crippen molar-refractivity contribution in [2.45, 2.75) is 76.8 Å². The molecule has 1 N–H and O–H groups in total. The molecule has 0 aliphatic heterocycles. The number of hydrogen-bond donors (Lipinski definition) is 1. The first-order valence-corrected chi connectivity index (χ1v) is 15.7. The third-order valence-electron chi connectivity index (χ3n) is 6.65. The van der Waals surface area contributed by atoms with Crippen LogP contribution in [0.5, 0.6) is 0 Å². The minimum Gasteiger partial charge on any atom is -0.384 e. The van der Waals surface area contributed by atoms with Gasteiger partial charge < -0.3 is 24.1 Å². The molecule has 5 atom stereocenters. The van der Waals surface area contributed by atoms with Crippen molar-refractivity contribution in [3.05, 3.63) is 158 Å². The van der Waals surface area contributed by atoms with Crippen molar-refractivity contribution in [2.24, 2.45) is 5.92 Å². The number of benzene rings is 3. The molecule has 0 saturated carbocycles. The number of carbonyl (C=O) groups excluding carboxylic acids is 1. The van der Waals surface area contributed by atoms with E-state index in [-0.39, 0.29) is 34.0 Å². The molecule has 0 bridgehead atoms. The average molecular weight is 768 g/mol. The van der Waals surface area contributed by atoms with Crippen molar-refractivity contribution < 1.29 is 41.7 Å². The van der Waals surface area contributed by atoms with E-state index in [1.807, 2.05) is 114 Å². The first-order valence-electron chi connectivity index (χ1n) is 14.9. The maximum atomic E-state index is 14.0. The number of rotatable bonds is 18. The predicted molar refractivity (Wildman–Crippen MR) is 199 cm³/mol. The smallest absolute Gasteiger partial charge is 0.319 e. The molecule has 0 aliphatic carbocycles. The van der Waals surface area contributed by atoms with Gasteiger partial charge in [0.15, 0.2) is 6.10 Å². The van der Waals surface area contributed by atoms with Gasteiger partial charge in [-0.25, -0.2) is 0 Å². The highest BCUT2D eigenvalue weighted by Crippen LogP contribution is 2.28. The molecule has 10 heteroatoms. The van der Waals surface area contributed by atoms with Crippen LogP contribution in [0, 0.1) is 5.92 Å². The van der Waals surface area contributed by atoms with Crippen LogP contribution in [-0.2, 0) is 38.8 Å². The van der Waals surface area contributed by atoms with Crippen molar-refractivity contribution in [1.82, 2.24) is 0 Å². The summed E-state index contributed by atoms with van der Waals surface area (Å²) in [6.45, 7) is 15.8. The Morgan fingerprint density at radius 1 is 0.680 bits per heavy atom. The molecule has 0 amide bonds. The maximum absolute atomic E-state index is 14.0. The molecule has 0 radical (unpaired) electrons. The van der Waals surface area contributed by atoms with E-state index in [2.05, 4.69) is 26.3 Å². The summed E-state index contributed by atoms with van der Waals surface area (Å²) in [5.74, 6) is -3.48. The molecular formula is C40H51BrF4O5. The summed E-state index contributed by atoms with van der Waals surface area (Å²) in [6.07, 6.45) is 0.0654. The van der Waals surface area contributed by atoms with E-state index in [0.29, 0.717) is 18.8 Å². The molecule has 276 valence electrons. The highest BCUT2D eigenvalue weighted by molar-refractivity contribution is 9.10. The molecular weight excluding hydrogens is 716 g/mol. The fraction of sp³-hybridized carbons (Fsp3) is 0.325. The molecule has 5 nitrogen and oxygen atoms in total. The Morgan fingerprint density at radius 2 is 1.04 bits per heavy atom. The Hall–Kier alpha value is -3.67. The third kappa shape index (κ3) is 19.5. The Labute approximate surface area is 304 Å². The van der Waals surface area contributed by atoms with Crippen LogP contribution in [0.2, 0.25) is 0 Å². The van der Waals surface area contributed by atoms with Gasteiger partial charge in [0, 0.05) is 5.92 Å². The van der Waals surface area contributed by atoms with Gasteiger partial charge in [0.1, 0.15) is 24.6 Å². The van der Waals surface area contributed by atoms with Crippen LogP contribution in [0.4, 0.5) is 17.6 Å². The predicted octanol–water partition coefficient (Wildman–Crippen LogP) is 10.6. The molecule has 0 saturated heterocycles. The molecule has 0 unspecified atom stereocenters. The topological polar surface area (TPSA) is 65.0 Å². The first-order chi connectivity index (χ1) is 22.8. The van der Waals surface area contributed by atoms with Crippen molar-refractivity contribution in [1.29, 1.82) is 0 Å². The lowest BCUT2D eigenvalue weighted by Gasteiger charge is -2.32. The highest BCUT2D eigenvalue weighted by atomic mass is 79.9. The Morgan fingerprint density at radius 3 is 1.34 bits per heavy atom. The van der Waals surface area contributed by atoms with E-state index in [9.17, 15) is 27.5 Å². The van der Waals surface area contributed by atoms with Gasteiger partial charge in [-0.15, -0.1) is 13.2 Å². The van der Waals surface area contributed by atoms with Gasteiger partial charge in [0.05, 0.1) is 19.8 Å². The lowest BCUT2D eigenvalue weighted by molar-refractivity contribution is -0.177. The fourth-order valence-electron chi connectivity index (χ4n) is 3.75. The summed E-state index contributed by atoms with van der Waals surface area (Å²) in [6, 6.07) is 28.2. The molecule has 0 fully saturated rings. The summed E-state index contributed by atoms with van der Waals surface area (Å²) in [5.41, 5.74) is 2.74. The minimum atomic E-state index is -3.53. The number of aldehydes is 1. The van der Waals surface area contributed by atoms with Crippen molar-refractivity contribution in [3.8, 4) is 0 Å². The zero-order valence-electron chi connectivity index (χ0n) is 26.9. The van der Waals surface area contributed by atoms with Crippen LogP contribution >= 0.6 is 15.9 Å². The fourth-order valence-corrected chi connectivity index (χ4v) is 3.75. The Kier molecular flexibility index (Phi) is 25.4. The number of halogens is 5. The molecule has 3 aromatic carbocycles. The van der Waals surface area contributed by atoms with Crippen LogP contribution in [0.15, 0.2) is 142 Å². The van der Waals surface area contributed by atoms with Gasteiger partial charge in [-0.2, -0.15) is 17.6 Å². The second-order valence-corrected chi connectivity index (χ2v) is 11.4. The van der Waals surface area contributed by atoms with Gasteiger partial charge in [-0.1, -0.05) is 138 Å². The molecule has 3 rings (SSSR count). The summed E-state index contributed by atoms with van der Waals surface area (Å²) >= 11 is 2.03. The number of aliphatic hydroxyl groups excluding tert-OH is 1. The van der Waals surface area contributed by atoms with Crippen molar-refractivity contribution in [3.63, 3.8) is 0 Å². The van der Waals surface area contributed by atoms with E-state index in [1.165, 1.54) is 6.08 Å². The third-order valence-corrected chi connectivity index (χ3v) is 6.97. The molecule has 50 heavy (non-hydrogen) atoms. The van der Waals surface area contributed by atoms with Gasteiger partial charge in [-0.05, 0) is 44.8 Å². The van der Waals surface area contributed by atoms with E-state index >= 15 is 0 Å². The lowest BCUT2D eigenvalue weighted by Crippen LogP contribution is -2.49. The number of aliphatic hydroxyl groups is 1. The average Bonchev–Trinajstić information content (AvgIpc) is 3.11. The summed E-state index contributed by atoms with van der Waals surface area (Å²) in [5, 5.41) is 10.2. The molecule has 0 aromatic heterocycles. The van der Waals surface area contributed by atoms with Crippen LogP contribution in [0.3, 0.4) is 0 Å². The number of hydrogen-bond acceptors (Lipinski definition) is 5. The Balaban J connectivity index is 0. The maximum Gasteiger partial charge on any atom is 0.319 e. The number of carbonyl (C=O) groups is 1. The van der Waals surface area contributed by atoms with Gasteiger partial charge in [0.2, 0.25) is 0 Å². The zero-order valence-corrected chi connectivity index (χ0v) is 28.4. The standard InChI is InChI=1S/C22H24F2O3.C13H16O2.C3H3BrF2.2CH4/c1-3-19(26-15-17-11-7-5-8-12-17)20(21(25)22(23,24)4-2)27-16-18-13-9-6-10-14-18;1-3-11(2)13(9-14)15-10-12-7-5-4-6-8-12;1-2-3(4,5)6;;/h3-14,19-21,25H,1-2,15-16H2;3-9,11,13H,1,10H2,2H3;2H,1H2;2*1H4/t19-,20+,21-;11-,13-;;;/m00.../s1. The van der Waals surface area contributed by atoms with Gasteiger partial charge in [-0.3, -0.25) is 0 Å². The van der Waals surface area contributed by atoms with Crippen LogP contribution in [0.25, 0.3) is 0 Å². The number of ether oxygens (including phenoxy) is 3. The zero-order chi connectivity index (χ0) is 36.0. The SMILES string of the molecule is C.C.C=CC(F)(F)Br.C=C[C@H](C)[C@H](C=O)OCc1ccccc1.C=C[C@H](OCc1ccccc1)[C@@H](OCc1ccccc1)[C@H](O)C(F)(F)C=C. The second-order valence-electron chi connectivity index (χ2n) is 10.3. The first kappa shape index (κ1) is 48.4. The summed E-state index contributed by atoms with van der Waals surface area (Å²) in [4.78, 5) is 7.87. The Bertz CT molecular complexity index is 1340. The molecule has 0 spiro atoms.